The molecule has 2 aromatic heterocycles. The molecule has 1 amide bonds. The van der Waals surface area contributed by atoms with Crippen LogP contribution in [0.15, 0.2) is 55.1 Å². The molecule has 0 fully saturated rings. The Kier molecular flexibility index (Phi) is 4.11. The van der Waals surface area contributed by atoms with Crippen molar-refractivity contribution < 1.29 is 4.79 Å². The number of hydrogen-bond donors (Lipinski definition) is 1. The second-order valence-corrected chi connectivity index (χ2v) is 5.00. The van der Waals surface area contributed by atoms with Crippen LogP contribution in [0.4, 0.5) is 5.82 Å². The Bertz CT molecular complexity index is 771. The van der Waals surface area contributed by atoms with Gasteiger partial charge in [0.1, 0.15) is 12.1 Å². The lowest BCUT2D eigenvalue weighted by Crippen LogP contribution is -2.15. The first kappa shape index (κ1) is 14.2. The molecule has 0 saturated carbocycles. The van der Waals surface area contributed by atoms with Crippen LogP contribution in [0.25, 0.3) is 5.82 Å². The van der Waals surface area contributed by atoms with Crippen molar-refractivity contribution in [2.24, 2.45) is 0 Å². The van der Waals surface area contributed by atoms with E-state index in [0.717, 1.165) is 5.56 Å². The average molecular weight is 314 g/mol. The van der Waals surface area contributed by atoms with E-state index in [1.54, 1.807) is 41.3 Å². The molecule has 0 aliphatic carbocycles. The lowest BCUT2D eigenvalue weighted by atomic mass is 10.1. The number of nitrogens with one attached hydrogen (secondary N) is 1. The van der Waals surface area contributed by atoms with Crippen LogP contribution in [0.3, 0.4) is 0 Å². The van der Waals surface area contributed by atoms with Gasteiger partial charge < -0.3 is 5.32 Å². The molecule has 7 heteroatoms. The van der Waals surface area contributed by atoms with Gasteiger partial charge >= 0.3 is 0 Å². The van der Waals surface area contributed by atoms with Crippen molar-refractivity contribution in [3.63, 3.8) is 0 Å². The number of amides is 1. The minimum Gasteiger partial charge on any atom is -0.310 e. The van der Waals surface area contributed by atoms with Crippen molar-refractivity contribution in [1.82, 2.24) is 19.7 Å². The van der Waals surface area contributed by atoms with Crippen molar-refractivity contribution in [3.8, 4) is 5.82 Å². The highest BCUT2D eigenvalue weighted by Gasteiger charge is 2.07. The van der Waals surface area contributed by atoms with E-state index in [1.807, 2.05) is 12.1 Å². The van der Waals surface area contributed by atoms with E-state index in [2.05, 4.69) is 20.4 Å². The van der Waals surface area contributed by atoms with Crippen LogP contribution in [0.2, 0.25) is 5.02 Å². The third-order valence-corrected chi connectivity index (χ3v) is 3.19. The van der Waals surface area contributed by atoms with Crippen molar-refractivity contribution in [2.75, 3.05) is 5.32 Å². The van der Waals surface area contributed by atoms with E-state index in [9.17, 15) is 4.79 Å². The van der Waals surface area contributed by atoms with Gasteiger partial charge in [-0.15, -0.1) is 0 Å². The quantitative estimate of drug-likeness (QED) is 0.803. The first-order valence-corrected chi connectivity index (χ1v) is 6.95. The van der Waals surface area contributed by atoms with Gasteiger partial charge in [0.2, 0.25) is 5.91 Å². The molecule has 3 aromatic rings. The average Bonchev–Trinajstić information content (AvgIpc) is 3.04. The monoisotopic (exact) mass is 313 g/mol. The molecule has 0 spiro atoms. The number of carbonyl (C=O) groups excluding carboxylic acids is 1. The van der Waals surface area contributed by atoms with E-state index in [1.165, 1.54) is 6.33 Å². The summed E-state index contributed by atoms with van der Waals surface area (Å²) in [5.74, 6) is 0.855. The zero-order chi connectivity index (χ0) is 15.4. The molecular formula is C15H12ClN5O. The minimum atomic E-state index is -0.160. The molecule has 0 aliphatic rings. The predicted molar refractivity (Wildman–Crippen MR) is 82.9 cm³/mol. The van der Waals surface area contributed by atoms with Gasteiger partial charge in [-0.25, -0.2) is 14.6 Å². The molecule has 0 unspecified atom stereocenters. The van der Waals surface area contributed by atoms with Gasteiger partial charge in [-0.05, 0) is 23.8 Å². The van der Waals surface area contributed by atoms with E-state index in [4.69, 9.17) is 11.6 Å². The number of aromatic nitrogens is 4. The van der Waals surface area contributed by atoms with E-state index in [0.29, 0.717) is 16.7 Å². The summed E-state index contributed by atoms with van der Waals surface area (Å²) in [6.45, 7) is 0. The highest BCUT2D eigenvalue weighted by atomic mass is 35.5. The van der Waals surface area contributed by atoms with Gasteiger partial charge in [-0.3, -0.25) is 4.79 Å². The number of carbonyl (C=O) groups is 1. The zero-order valence-electron chi connectivity index (χ0n) is 11.5. The molecule has 0 aliphatic heterocycles. The molecule has 0 saturated heterocycles. The summed E-state index contributed by atoms with van der Waals surface area (Å²) in [4.78, 5) is 20.2. The molecule has 3 rings (SSSR count). The lowest BCUT2D eigenvalue weighted by Gasteiger charge is -2.06. The van der Waals surface area contributed by atoms with Crippen molar-refractivity contribution in [1.29, 1.82) is 0 Å². The number of anilines is 1. The van der Waals surface area contributed by atoms with Crippen LogP contribution in [0.5, 0.6) is 0 Å². The smallest absolute Gasteiger partial charge is 0.229 e. The first-order chi connectivity index (χ1) is 10.7. The van der Waals surface area contributed by atoms with E-state index in [-0.39, 0.29) is 12.3 Å². The molecule has 0 radical (unpaired) electrons. The Morgan fingerprint density at radius 1 is 1.23 bits per heavy atom. The Labute approximate surface area is 131 Å². The second-order valence-electron chi connectivity index (χ2n) is 4.56. The normalized spacial score (nSPS) is 10.4. The summed E-state index contributed by atoms with van der Waals surface area (Å²) >= 11 is 5.82. The fourth-order valence-corrected chi connectivity index (χ4v) is 2.05. The van der Waals surface area contributed by atoms with E-state index < -0.39 is 0 Å². The number of nitrogens with zero attached hydrogens (tertiary/aromatic N) is 4. The third kappa shape index (κ3) is 3.48. The zero-order valence-corrected chi connectivity index (χ0v) is 12.2. The summed E-state index contributed by atoms with van der Waals surface area (Å²) in [5, 5.41) is 7.47. The summed E-state index contributed by atoms with van der Waals surface area (Å²) < 4.78 is 1.59. The molecule has 22 heavy (non-hydrogen) atoms. The molecule has 0 atom stereocenters. The molecular weight excluding hydrogens is 302 g/mol. The number of halogens is 1. The second kappa shape index (κ2) is 6.36. The van der Waals surface area contributed by atoms with Crippen molar-refractivity contribution >= 4 is 23.3 Å². The molecule has 0 bridgehead atoms. The number of rotatable bonds is 4. The Morgan fingerprint density at radius 3 is 2.77 bits per heavy atom. The third-order valence-electron chi connectivity index (χ3n) is 2.94. The summed E-state index contributed by atoms with van der Waals surface area (Å²) in [6.07, 6.45) is 5.05. The molecule has 110 valence electrons. The SMILES string of the molecule is O=C(Cc1ccc(Cl)cc1)Nc1cc(-n2cccn2)ncn1. The van der Waals surface area contributed by atoms with Gasteiger partial charge in [0, 0.05) is 23.5 Å². The van der Waals surface area contributed by atoms with Crippen LogP contribution < -0.4 is 5.32 Å². The van der Waals surface area contributed by atoms with E-state index >= 15 is 0 Å². The van der Waals surface area contributed by atoms with Crippen LogP contribution in [-0.4, -0.2) is 25.7 Å². The number of hydrogen-bond acceptors (Lipinski definition) is 4. The van der Waals surface area contributed by atoms with Crippen molar-refractivity contribution in [2.45, 2.75) is 6.42 Å². The van der Waals surface area contributed by atoms with Gasteiger partial charge in [0.05, 0.1) is 6.42 Å². The molecule has 6 nitrogen and oxygen atoms in total. The fourth-order valence-electron chi connectivity index (χ4n) is 1.92. The Morgan fingerprint density at radius 2 is 2.05 bits per heavy atom. The van der Waals surface area contributed by atoms with Crippen molar-refractivity contribution in [3.05, 3.63) is 65.7 Å². The Hall–Kier alpha value is -2.73. The largest absolute Gasteiger partial charge is 0.310 e. The van der Waals surface area contributed by atoms with Crippen LogP contribution >= 0.6 is 11.6 Å². The first-order valence-electron chi connectivity index (χ1n) is 6.57. The summed E-state index contributed by atoms with van der Waals surface area (Å²) in [5.41, 5.74) is 0.878. The maximum absolute atomic E-state index is 12.0. The predicted octanol–water partition coefficient (Wildman–Crippen LogP) is 2.50. The molecule has 1 N–H and O–H groups in total. The van der Waals surface area contributed by atoms with Gasteiger partial charge in [0.15, 0.2) is 5.82 Å². The maximum atomic E-state index is 12.0. The highest BCUT2D eigenvalue weighted by molar-refractivity contribution is 6.30. The van der Waals surface area contributed by atoms with Crippen LogP contribution in [0, 0.1) is 0 Å². The maximum Gasteiger partial charge on any atom is 0.229 e. The van der Waals surface area contributed by atoms with Gasteiger partial charge in [0.25, 0.3) is 0 Å². The standard InChI is InChI=1S/C15H12ClN5O/c16-12-4-2-11(3-5-12)8-15(22)20-13-9-14(18-10-17-13)21-7-1-6-19-21/h1-7,9-10H,8H2,(H,17,18,20,22). The van der Waals surface area contributed by atoms with Gasteiger partial charge in [-0.1, -0.05) is 23.7 Å². The van der Waals surface area contributed by atoms with Gasteiger partial charge in [-0.2, -0.15) is 5.10 Å². The summed E-state index contributed by atoms with van der Waals surface area (Å²) in [7, 11) is 0. The fraction of sp³-hybridized carbons (Fsp3) is 0.0667. The lowest BCUT2D eigenvalue weighted by molar-refractivity contribution is -0.115. The highest BCUT2D eigenvalue weighted by Crippen LogP contribution is 2.12. The minimum absolute atomic E-state index is 0.160. The summed E-state index contributed by atoms with van der Waals surface area (Å²) in [6, 6.07) is 10.6. The number of benzene rings is 1. The molecule has 1 aromatic carbocycles. The molecule has 2 heterocycles. The van der Waals surface area contributed by atoms with Crippen LogP contribution in [-0.2, 0) is 11.2 Å². The van der Waals surface area contributed by atoms with Crippen LogP contribution in [0.1, 0.15) is 5.56 Å². The topological polar surface area (TPSA) is 72.7 Å². The Balaban J connectivity index is 1.69.